The molecule has 98 valence electrons. The molecule has 0 aromatic carbocycles. The van der Waals surface area contributed by atoms with Crippen molar-refractivity contribution in [2.75, 3.05) is 0 Å². The van der Waals surface area contributed by atoms with Gasteiger partial charge < -0.3 is 5.11 Å². The summed E-state index contributed by atoms with van der Waals surface area (Å²) in [6, 6.07) is 1.23. The van der Waals surface area contributed by atoms with Gasteiger partial charge in [-0.25, -0.2) is 13.6 Å². The van der Waals surface area contributed by atoms with Gasteiger partial charge in [0.05, 0.1) is 6.04 Å². The van der Waals surface area contributed by atoms with Crippen molar-refractivity contribution in [3.8, 4) is 0 Å². The summed E-state index contributed by atoms with van der Waals surface area (Å²) in [6.07, 6.45) is -1.96. The molecule has 0 saturated carbocycles. The molecule has 7 heteroatoms. The number of rotatable bonds is 4. The van der Waals surface area contributed by atoms with Crippen LogP contribution in [0, 0.1) is 0 Å². The Morgan fingerprint density at radius 3 is 2.78 bits per heavy atom. The van der Waals surface area contributed by atoms with Crippen molar-refractivity contribution in [1.82, 2.24) is 9.78 Å². The highest BCUT2D eigenvalue weighted by atomic mass is 32.1. The number of thiophene rings is 1. The van der Waals surface area contributed by atoms with E-state index in [0.717, 1.165) is 17.8 Å². The maximum absolute atomic E-state index is 12.9. The predicted molar refractivity (Wildman–Crippen MR) is 64.5 cm³/mol. The van der Waals surface area contributed by atoms with E-state index in [1.165, 1.54) is 10.7 Å². The van der Waals surface area contributed by atoms with Crippen LogP contribution < -0.4 is 0 Å². The molecule has 0 saturated heterocycles. The van der Waals surface area contributed by atoms with Gasteiger partial charge in [0, 0.05) is 5.39 Å². The van der Waals surface area contributed by atoms with Gasteiger partial charge in [-0.2, -0.15) is 5.10 Å². The van der Waals surface area contributed by atoms with Crippen LogP contribution in [0.4, 0.5) is 8.78 Å². The van der Waals surface area contributed by atoms with Gasteiger partial charge in [-0.15, -0.1) is 11.3 Å². The van der Waals surface area contributed by atoms with E-state index in [1.807, 2.05) is 13.8 Å². The lowest BCUT2D eigenvalue weighted by Gasteiger charge is -2.09. The first kappa shape index (κ1) is 12.9. The smallest absolute Gasteiger partial charge is 0.345 e. The molecular weight excluding hydrogens is 262 g/mol. The SMILES string of the molecule is CCC(C)n1nc(C(F)F)c2cc(C(=O)O)sc21. The average Bonchev–Trinajstić information content (AvgIpc) is 2.85. The third kappa shape index (κ3) is 1.98. The van der Waals surface area contributed by atoms with E-state index >= 15 is 0 Å². The second-order valence-electron chi connectivity index (χ2n) is 4.02. The zero-order valence-electron chi connectivity index (χ0n) is 9.85. The van der Waals surface area contributed by atoms with Crippen LogP contribution in [0.25, 0.3) is 10.2 Å². The highest BCUT2D eigenvalue weighted by molar-refractivity contribution is 7.20. The van der Waals surface area contributed by atoms with E-state index < -0.39 is 12.4 Å². The van der Waals surface area contributed by atoms with E-state index in [2.05, 4.69) is 5.10 Å². The Bertz CT molecular complexity index is 591. The number of carboxylic acids is 1. The van der Waals surface area contributed by atoms with Gasteiger partial charge in [0.1, 0.15) is 15.4 Å². The molecule has 4 nitrogen and oxygen atoms in total. The van der Waals surface area contributed by atoms with Gasteiger partial charge in [0.2, 0.25) is 0 Å². The summed E-state index contributed by atoms with van der Waals surface area (Å²) >= 11 is 0.982. The molecule has 1 N–H and O–H groups in total. The topological polar surface area (TPSA) is 55.1 Å². The van der Waals surface area contributed by atoms with Crippen molar-refractivity contribution in [1.29, 1.82) is 0 Å². The van der Waals surface area contributed by atoms with E-state index in [1.54, 1.807) is 0 Å². The number of carbonyl (C=O) groups is 1. The van der Waals surface area contributed by atoms with Crippen molar-refractivity contribution in [2.24, 2.45) is 0 Å². The van der Waals surface area contributed by atoms with Crippen molar-refractivity contribution >= 4 is 27.5 Å². The fourth-order valence-corrected chi connectivity index (χ4v) is 2.75. The van der Waals surface area contributed by atoms with E-state index in [0.29, 0.717) is 4.83 Å². The van der Waals surface area contributed by atoms with Crippen LogP contribution in [-0.2, 0) is 0 Å². The average molecular weight is 274 g/mol. The molecule has 2 heterocycles. The third-order valence-corrected chi connectivity index (χ3v) is 3.95. The number of alkyl halides is 2. The Labute approximate surface area is 106 Å². The first-order valence-electron chi connectivity index (χ1n) is 5.49. The molecule has 0 fully saturated rings. The van der Waals surface area contributed by atoms with Crippen molar-refractivity contribution in [3.05, 3.63) is 16.6 Å². The summed E-state index contributed by atoms with van der Waals surface area (Å²) in [4.78, 5) is 11.4. The van der Waals surface area contributed by atoms with Crippen LogP contribution in [0.2, 0.25) is 0 Å². The largest absolute Gasteiger partial charge is 0.477 e. The van der Waals surface area contributed by atoms with Gasteiger partial charge in [0.15, 0.2) is 0 Å². The fourth-order valence-electron chi connectivity index (χ4n) is 1.69. The molecule has 0 bridgehead atoms. The minimum Gasteiger partial charge on any atom is -0.477 e. The molecular formula is C11H12F2N2O2S. The number of hydrogen-bond acceptors (Lipinski definition) is 3. The van der Waals surface area contributed by atoms with Crippen LogP contribution in [-0.4, -0.2) is 20.9 Å². The van der Waals surface area contributed by atoms with Crippen LogP contribution in [0.1, 0.15) is 48.1 Å². The number of aromatic carboxylic acids is 1. The van der Waals surface area contributed by atoms with Crippen LogP contribution in [0.15, 0.2) is 6.07 Å². The second-order valence-corrected chi connectivity index (χ2v) is 5.05. The highest BCUT2D eigenvalue weighted by Gasteiger charge is 2.24. The van der Waals surface area contributed by atoms with E-state index in [-0.39, 0.29) is 22.0 Å². The molecule has 2 rings (SSSR count). The summed E-state index contributed by atoms with van der Waals surface area (Å²) in [6.45, 7) is 3.79. The molecule has 0 amide bonds. The maximum Gasteiger partial charge on any atom is 0.345 e. The van der Waals surface area contributed by atoms with Crippen LogP contribution in [0.5, 0.6) is 0 Å². The zero-order chi connectivity index (χ0) is 13.4. The Hall–Kier alpha value is -1.50. The number of fused-ring (bicyclic) bond motifs is 1. The second kappa shape index (κ2) is 4.64. The van der Waals surface area contributed by atoms with Crippen LogP contribution in [0.3, 0.4) is 0 Å². The van der Waals surface area contributed by atoms with Crippen molar-refractivity contribution < 1.29 is 18.7 Å². The van der Waals surface area contributed by atoms with Gasteiger partial charge in [-0.1, -0.05) is 6.92 Å². The normalized spacial score (nSPS) is 13.4. The minimum absolute atomic E-state index is 0.0414. The number of hydrogen-bond donors (Lipinski definition) is 1. The van der Waals surface area contributed by atoms with Crippen LogP contribution >= 0.6 is 11.3 Å². The lowest BCUT2D eigenvalue weighted by Crippen LogP contribution is -2.05. The molecule has 18 heavy (non-hydrogen) atoms. The first-order chi connectivity index (χ1) is 8.45. The lowest BCUT2D eigenvalue weighted by atomic mass is 10.2. The Morgan fingerprint density at radius 2 is 2.28 bits per heavy atom. The summed E-state index contributed by atoms with van der Waals surface area (Å²) in [7, 11) is 0. The number of halogens is 2. The third-order valence-electron chi connectivity index (χ3n) is 2.84. The zero-order valence-corrected chi connectivity index (χ0v) is 10.7. The molecule has 2 aromatic rings. The standard InChI is InChI=1S/C11H12F2N2O2S/c1-3-5(2)15-10-6(8(14-15)9(12)13)4-7(18-10)11(16)17/h4-5,9H,3H2,1-2H3,(H,16,17). The number of nitrogens with zero attached hydrogens (tertiary/aromatic N) is 2. The molecule has 2 aromatic heterocycles. The van der Waals surface area contributed by atoms with Gasteiger partial charge in [0.25, 0.3) is 6.43 Å². The highest BCUT2D eigenvalue weighted by Crippen LogP contribution is 2.35. The number of aromatic nitrogens is 2. The van der Waals surface area contributed by atoms with E-state index in [4.69, 9.17) is 5.11 Å². The van der Waals surface area contributed by atoms with Crippen molar-refractivity contribution in [2.45, 2.75) is 32.7 Å². The van der Waals surface area contributed by atoms with E-state index in [9.17, 15) is 13.6 Å². The first-order valence-corrected chi connectivity index (χ1v) is 6.30. The number of carboxylic acid groups (broad SMARTS) is 1. The monoisotopic (exact) mass is 274 g/mol. The Balaban J connectivity index is 2.67. The quantitative estimate of drug-likeness (QED) is 0.924. The van der Waals surface area contributed by atoms with Gasteiger partial charge >= 0.3 is 5.97 Å². The molecule has 0 aliphatic heterocycles. The Morgan fingerprint density at radius 1 is 1.61 bits per heavy atom. The molecule has 0 radical (unpaired) electrons. The molecule has 1 unspecified atom stereocenters. The molecule has 0 aliphatic rings. The summed E-state index contributed by atoms with van der Waals surface area (Å²) < 4.78 is 27.2. The van der Waals surface area contributed by atoms with Gasteiger partial charge in [-0.3, -0.25) is 4.68 Å². The van der Waals surface area contributed by atoms with Crippen molar-refractivity contribution in [3.63, 3.8) is 0 Å². The molecule has 1 atom stereocenters. The minimum atomic E-state index is -2.70. The summed E-state index contributed by atoms with van der Waals surface area (Å²) in [5.74, 6) is -1.10. The lowest BCUT2D eigenvalue weighted by molar-refractivity contribution is 0.0702. The Kier molecular flexibility index (Phi) is 3.34. The fraction of sp³-hybridized carbons (Fsp3) is 0.455. The molecule has 0 spiro atoms. The predicted octanol–water partition coefficient (Wildman–Crippen LogP) is 3.70. The maximum atomic E-state index is 12.9. The molecule has 0 aliphatic carbocycles. The summed E-state index contributed by atoms with van der Waals surface area (Å²) in [5, 5.41) is 13.1. The summed E-state index contributed by atoms with van der Waals surface area (Å²) in [5.41, 5.74) is -0.339. The van der Waals surface area contributed by atoms with Gasteiger partial charge in [-0.05, 0) is 19.4 Å².